The van der Waals surface area contributed by atoms with Gasteiger partial charge in [-0.25, -0.2) is 3.97 Å². The number of carboxylic acids is 1. The van der Waals surface area contributed by atoms with Gasteiger partial charge in [-0.3, -0.25) is 9.48 Å². The van der Waals surface area contributed by atoms with Gasteiger partial charge in [-0.1, -0.05) is 18.5 Å². The maximum Gasteiger partial charge on any atom is 0.303 e. The van der Waals surface area contributed by atoms with Crippen molar-refractivity contribution in [3.05, 3.63) is 59.5 Å². The van der Waals surface area contributed by atoms with Crippen molar-refractivity contribution >= 4 is 49.8 Å². The Morgan fingerprint density at radius 3 is 2.77 bits per heavy atom. The van der Waals surface area contributed by atoms with Crippen LogP contribution in [-0.2, 0) is 27.8 Å². The molecule has 0 aliphatic carbocycles. The molecule has 0 aliphatic rings. The molecule has 0 radical (unpaired) electrons. The van der Waals surface area contributed by atoms with E-state index in [0.29, 0.717) is 21.5 Å². The second-order valence-electron chi connectivity index (χ2n) is 7.12. The summed E-state index contributed by atoms with van der Waals surface area (Å²) in [6, 6.07) is 8.30. The fourth-order valence-electron chi connectivity index (χ4n) is 3.43. The number of halogens is 1. The van der Waals surface area contributed by atoms with Crippen LogP contribution in [0.3, 0.4) is 0 Å². The van der Waals surface area contributed by atoms with Gasteiger partial charge in [0, 0.05) is 46.2 Å². The van der Waals surface area contributed by atoms with Gasteiger partial charge in [0.15, 0.2) is 0 Å². The monoisotopic (exact) mass is 477 g/mol. The molecule has 0 fully saturated rings. The molecule has 1 N–H and O–H groups in total. The quantitative estimate of drug-likeness (QED) is 0.390. The lowest BCUT2D eigenvalue weighted by atomic mass is 10.1. The second-order valence-corrected chi connectivity index (χ2v) is 10.7. The average Bonchev–Trinajstić information content (AvgIpc) is 3.45. The molecule has 31 heavy (non-hydrogen) atoms. The van der Waals surface area contributed by atoms with Crippen LogP contribution < -0.4 is 0 Å². The highest BCUT2D eigenvalue weighted by Crippen LogP contribution is 2.34. The third-order valence-electron chi connectivity index (χ3n) is 4.89. The van der Waals surface area contributed by atoms with Crippen LogP contribution in [-0.4, -0.2) is 33.2 Å². The molecule has 0 atom stereocenters. The van der Waals surface area contributed by atoms with Gasteiger partial charge in [0.2, 0.25) is 0 Å². The molecule has 0 saturated carbocycles. The standard InChI is InChI=1S/C21H20ClN3O4S2/c1-2-9-24-12-15(11-23-24)19-6-8-21(30-19)31(28,29)25-13-14(3-7-20(26)27)17-10-16(22)4-5-18(17)25/h4-6,8,10-13H,2-3,7,9H2,1H3,(H,26,27). The topological polar surface area (TPSA) is 94.2 Å². The van der Waals surface area contributed by atoms with Crippen LogP contribution in [0.2, 0.25) is 5.02 Å². The van der Waals surface area contributed by atoms with E-state index >= 15 is 0 Å². The first-order valence-corrected chi connectivity index (χ1v) is 12.3. The van der Waals surface area contributed by atoms with Crippen molar-refractivity contribution in [1.82, 2.24) is 13.8 Å². The Morgan fingerprint density at radius 2 is 2.03 bits per heavy atom. The molecule has 10 heteroatoms. The molecule has 3 aromatic heterocycles. The number of carboxylic acid groups (broad SMARTS) is 1. The normalized spacial score (nSPS) is 11.9. The van der Waals surface area contributed by atoms with E-state index in [1.54, 1.807) is 36.5 Å². The summed E-state index contributed by atoms with van der Waals surface area (Å²) in [7, 11) is -3.87. The Kier molecular flexibility index (Phi) is 5.92. The number of benzene rings is 1. The number of aliphatic carboxylic acids is 1. The number of aromatic nitrogens is 3. The summed E-state index contributed by atoms with van der Waals surface area (Å²) in [5.41, 5.74) is 1.96. The molecule has 4 rings (SSSR count). The van der Waals surface area contributed by atoms with Gasteiger partial charge >= 0.3 is 5.97 Å². The van der Waals surface area contributed by atoms with E-state index in [1.165, 1.54) is 21.5 Å². The van der Waals surface area contributed by atoms with Crippen LogP contribution in [0.5, 0.6) is 0 Å². The molecule has 0 unspecified atom stereocenters. The molecule has 0 amide bonds. The number of aryl methyl sites for hydroxylation is 2. The van der Waals surface area contributed by atoms with Crippen molar-refractivity contribution in [3.63, 3.8) is 0 Å². The van der Waals surface area contributed by atoms with Gasteiger partial charge in [0.05, 0.1) is 11.7 Å². The third kappa shape index (κ3) is 4.26. The lowest BCUT2D eigenvalue weighted by molar-refractivity contribution is -0.136. The first-order valence-electron chi connectivity index (χ1n) is 9.69. The minimum atomic E-state index is -3.87. The van der Waals surface area contributed by atoms with Gasteiger partial charge in [-0.15, -0.1) is 11.3 Å². The fourth-order valence-corrected chi connectivity index (χ4v) is 6.36. The first kappa shape index (κ1) is 21.6. The number of nitrogens with zero attached hydrogens (tertiary/aromatic N) is 3. The van der Waals surface area contributed by atoms with E-state index in [0.717, 1.165) is 23.4 Å². The zero-order chi connectivity index (χ0) is 22.2. The average molecular weight is 478 g/mol. The maximum absolute atomic E-state index is 13.4. The SMILES string of the molecule is CCCn1cc(-c2ccc(S(=O)(=O)n3cc(CCC(=O)O)c4cc(Cl)ccc43)s2)cn1. The van der Waals surface area contributed by atoms with E-state index < -0.39 is 16.0 Å². The predicted octanol–water partition coefficient (Wildman–Crippen LogP) is 4.88. The van der Waals surface area contributed by atoms with Gasteiger partial charge in [-0.05, 0) is 48.7 Å². The van der Waals surface area contributed by atoms with Gasteiger partial charge in [-0.2, -0.15) is 13.5 Å². The molecule has 1 aromatic carbocycles. The molecular weight excluding hydrogens is 458 g/mol. The van der Waals surface area contributed by atoms with Gasteiger partial charge in [0.1, 0.15) is 4.21 Å². The van der Waals surface area contributed by atoms with Crippen LogP contribution in [0.1, 0.15) is 25.3 Å². The number of carbonyl (C=O) groups is 1. The molecule has 3 heterocycles. The summed E-state index contributed by atoms with van der Waals surface area (Å²) < 4.78 is 30.1. The van der Waals surface area contributed by atoms with E-state index in [9.17, 15) is 13.2 Å². The Labute approximate surface area is 188 Å². The molecule has 4 aromatic rings. The summed E-state index contributed by atoms with van der Waals surface area (Å²) in [5, 5.41) is 14.4. The smallest absolute Gasteiger partial charge is 0.303 e. The van der Waals surface area contributed by atoms with E-state index in [1.807, 2.05) is 10.9 Å². The van der Waals surface area contributed by atoms with Crippen molar-refractivity contribution in [2.24, 2.45) is 0 Å². The van der Waals surface area contributed by atoms with Crippen LogP contribution in [0, 0.1) is 0 Å². The van der Waals surface area contributed by atoms with Crippen LogP contribution >= 0.6 is 22.9 Å². The highest BCUT2D eigenvalue weighted by Gasteiger charge is 2.24. The fraction of sp³-hybridized carbons (Fsp3) is 0.238. The van der Waals surface area contributed by atoms with Crippen LogP contribution in [0.4, 0.5) is 0 Å². The van der Waals surface area contributed by atoms with E-state index in [2.05, 4.69) is 12.0 Å². The van der Waals surface area contributed by atoms with E-state index in [4.69, 9.17) is 16.7 Å². The van der Waals surface area contributed by atoms with Crippen molar-refractivity contribution in [1.29, 1.82) is 0 Å². The zero-order valence-corrected chi connectivity index (χ0v) is 19.0. The highest BCUT2D eigenvalue weighted by molar-refractivity contribution is 7.92. The van der Waals surface area contributed by atoms with E-state index in [-0.39, 0.29) is 17.1 Å². The predicted molar refractivity (Wildman–Crippen MR) is 121 cm³/mol. The van der Waals surface area contributed by atoms with Crippen molar-refractivity contribution in [2.75, 3.05) is 0 Å². The molecule has 7 nitrogen and oxygen atoms in total. The van der Waals surface area contributed by atoms with Crippen molar-refractivity contribution < 1.29 is 18.3 Å². The van der Waals surface area contributed by atoms with Gasteiger partial charge in [0.25, 0.3) is 10.0 Å². The number of rotatable bonds is 8. The summed E-state index contributed by atoms with van der Waals surface area (Å²) in [6.07, 6.45) is 6.20. The first-order chi connectivity index (χ1) is 14.8. The molecule has 0 saturated heterocycles. The lowest BCUT2D eigenvalue weighted by Gasteiger charge is -2.05. The molecule has 0 bridgehead atoms. The van der Waals surface area contributed by atoms with Crippen LogP contribution in [0.15, 0.2) is 53.1 Å². The minimum Gasteiger partial charge on any atom is -0.481 e. The maximum atomic E-state index is 13.4. The Balaban J connectivity index is 1.75. The van der Waals surface area contributed by atoms with Crippen molar-refractivity contribution in [3.8, 4) is 10.4 Å². The highest BCUT2D eigenvalue weighted by atomic mass is 35.5. The largest absolute Gasteiger partial charge is 0.481 e. The number of thiophene rings is 1. The molecule has 0 spiro atoms. The Bertz CT molecular complexity index is 1370. The molecule has 162 valence electrons. The van der Waals surface area contributed by atoms with Crippen molar-refractivity contribution in [2.45, 2.75) is 36.9 Å². The Hall–Kier alpha value is -2.62. The minimum absolute atomic E-state index is 0.101. The Morgan fingerprint density at radius 1 is 1.23 bits per heavy atom. The number of hydrogen-bond acceptors (Lipinski definition) is 5. The molecule has 0 aliphatic heterocycles. The van der Waals surface area contributed by atoms with Gasteiger partial charge < -0.3 is 5.11 Å². The zero-order valence-electron chi connectivity index (χ0n) is 16.7. The second kappa shape index (κ2) is 8.49. The third-order valence-corrected chi connectivity index (χ3v) is 8.40. The lowest BCUT2D eigenvalue weighted by Crippen LogP contribution is -2.10. The molecular formula is C21H20ClN3O4S2. The van der Waals surface area contributed by atoms with Crippen LogP contribution in [0.25, 0.3) is 21.3 Å². The summed E-state index contributed by atoms with van der Waals surface area (Å²) in [6.45, 7) is 2.87. The number of fused-ring (bicyclic) bond motifs is 1. The summed E-state index contributed by atoms with van der Waals surface area (Å²) >= 11 is 7.28. The number of hydrogen-bond donors (Lipinski definition) is 1. The summed E-state index contributed by atoms with van der Waals surface area (Å²) in [4.78, 5) is 11.8. The summed E-state index contributed by atoms with van der Waals surface area (Å²) in [5.74, 6) is -0.947.